The van der Waals surface area contributed by atoms with E-state index >= 15 is 0 Å². The van der Waals surface area contributed by atoms with Gasteiger partial charge in [0, 0.05) is 4.92 Å². The molecule has 1 heterocycles. The zero-order chi connectivity index (χ0) is 12.3. The summed E-state index contributed by atoms with van der Waals surface area (Å²) in [6, 6.07) is 0. The van der Waals surface area contributed by atoms with Crippen LogP contribution in [0.2, 0.25) is 0 Å². The summed E-state index contributed by atoms with van der Waals surface area (Å²) in [5.74, 6) is -2.52. The molecule has 1 rings (SSSR count). The lowest BCUT2D eigenvalue weighted by molar-refractivity contribution is -0.490. The molecule has 0 aromatic carbocycles. The molecule has 0 spiro atoms. The van der Waals surface area contributed by atoms with Gasteiger partial charge in [0.2, 0.25) is 6.54 Å². The van der Waals surface area contributed by atoms with E-state index in [2.05, 4.69) is 0 Å². The minimum absolute atomic E-state index is 0.193. The maximum Gasteiger partial charge on any atom is 0.303 e. The third-order valence-electron chi connectivity index (χ3n) is 2.38. The second-order valence-corrected chi connectivity index (χ2v) is 4.24. The minimum atomic E-state index is -1.07. The second kappa shape index (κ2) is 4.75. The molecule has 0 radical (unpaired) electrons. The predicted octanol–water partition coefficient (Wildman–Crippen LogP) is 0.506. The summed E-state index contributed by atoms with van der Waals surface area (Å²) in [5, 5.41) is 19.1. The summed E-state index contributed by atoms with van der Waals surface area (Å²) in [6.45, 7) is 3.16. The molecule has 7 heteroatoms. The van der Waals surface area contributed by atoms with Gasteiger partial charge in [0.05, 0.1) is 25.0 Å². The van der Waals surface area contributed by atoms with Crippen LogP contribution in [0.25, 0.3) is 0 Å². The number of nitrogens with zero attached hydrogens (tertiary/aromatic N) is 1. The molecule has 1 aliphatic rings. The molecule has 1 aliphatic heterocycles. The standard InChI is InChI=1S/C9H15NO6/c1-9(2)15-5-7(16-9)6(3-8(11)12)4-10(13)14/h6-7H,3-5H2,1-2H3,(H,11,12)/t6?,7-/m1/s1. The van der Waals surface area contributed by atoms with Crippen molar-refractivity contribution in [3.63, 3.8) is 0 Å². The van der Waals surface area contributed by atoms with Gasteiger partial charge in [0.1, 0.15) is 0 Å². The van der Waals surface area contributed by atoms with Crippen molar-refractivity contribution < 1.29 is 24.3 Å². The van der Waals surface area contributed by atoms with Crippen molar-refractivity contribution in [2.45, 2.75) is 32.2 Å². The first-order chi connectivity index (χ1) is 7.30. The average Bonchev–Trinajstić information content (AvgIpc) is 2.43. The lowest BCUT2D eigenvalue weighted by Gasteiger charge is -2.20. The number of carbonyl (C=O) groups is 1. The summed E-state index contributed by atoms with van der Waals surface area (Å²) in [5.41, 5.74) is 0. The molecule has 0 amide bonds. The van der Waals surface area contributed by atoms with E-state index in [-0.39, 0.29) is 13.0 Å². The fourth-order valence-electron chi connectivity index (χ4n) is 1.68. The number of carboxylic acid groups (broad SMARTS) is 1. The van der Waals surface area contributed by atoms with Crippen LogP contribution >= 0.6 is 0 Å². The number of carboxylic acids is 1. The Kier molecular flexibility index (Phi) is 3.82. The SMILES string of the molecule is CC1(C)OC[C@H](C(CC(=O)O)C[N+](=O)[O-])O1. The van der Waals surface area contributed by atoms with Crippen LogP contribution in [0.1, 0.15) is 20.3 Å². The van der Waals surface area contributed by atoms with Crippen molar-refractivity contribution in [2.75, 3.05) is 13.2 Å². The zero-order valence-corrected chi connectivity index (χ0v) is 9.21. The molecule has 7 nitrogen and oxygen atoms in total. The Bertz CT molecular complexity index is 274. The van der Waals surface area contributed by atoms with Crippen molar-refractivity contribution >= 4 is 5.97 Å². The highest BCUT2D eigenvalue weighted by atomic mass is 16.7. The van der Waals surface area contributed by atoms with Gasteiger partial charge in [0.15, 0.2) is 5.79 Å². The first-order valence-electron chi connectivity index (χ1n) is 4.95. The quantitative estimate of drug-likeness (QED) is 0.548. The highest BCUT2D eigenvalue weighted by Gasteiger charge is 2.40. The molecule has 0 aromatic rings. The number of rotatable bonds is 5. The topological polar surface area (TPSA) is 98.9 Å². The number of ether oxygens (including phenoxy) is 2. The average molecular weight is 233 g/mol. The fourth-order valence-corrected chi connectivity index (χ4v) is 1.68. The molecule has 0 aromatic heterocycles. The normalized spacial score (nSPS) is 25.2. The van der Waals surface area contributed by atoms with Crippen LogP contribution < -0.4 is 0 Å². The molecule has 0 aliphatic carbocycles. The Hall–Kier alpha value is -1.21. The lowest BCUT2D eigenvalue weighted by atomic mass is 9.99. The largest absolute Gasteiger partial charge is 0.481 e. The van der Waals surface area contributed by atoms with Gasteiger partial charge in [-0.3, -0.25) is 14.9 Å². The van der Waals surface area contributed by atoms with E-state index in [1.165, 1.54) is 0 Å². The van der Waals surface area contributed by atoms with Crippen LogP contribution in [0.3, 0.4) is 0 Å². The van der Waals surface area contributed by atoms with E-state index in [0.717, 1.165) is 0 Å². The summed E-state index contributed by atoms with van der Waals surface area (Å²) < 4.78 is 10.7. The molecule has 2 atom stereocenters. The van der Waals surface area contributed by atoms with Crippen LogP contribution in [0.5, 0.6) is 0 Å². The molecule has 0 bridgehead atoms. The van der Waals surface area contributed by atoms with E-state index in [4.69, 9.17) is 14.6 Å². The van der Waals surface area contributed by atoms with E-state index in [1.807, 2.05) is 0 Å². The van der Waals surface area contributed by atoms with Gasteiger partial charge < -0.3 is 14.6 Å². The van der Waals surface area contributed by atoms with E-state index in [9.17, 15) is 14.9 Å². The van der Waals surface area contributed by atoms with Gasteiger partial charge in [-0.05, 0) is 13.8 Å². The first-order valence-corrected chi connectivity index (χ1v) is 4.95. The maximum atomic E-state index is 10.6. The number of hydrogen-bond acceptors (Lipinski definition) is 5. The highest BCUT2D eigenvalue weighted by molar-refractivity contribution is 5.67. The second-order valence-electron chi connectivity index (χ2n) is 4.24. The van der Waals surface area contributed by atoms with Crippen molar-refractivity contribution in [3.05, 3.63) is 10.1 Å². The Morgan fingerprint density at radius 3 is 2.69 bits per heavy atom. The van der Waals surface area contributed by atoms with Gasteiger partial charge in [-0.2, -0.15) is 0 Å². The number of hydrogen-bond donors (Lipinski definition) is 1. The Labute approximate surface area is 92.5 Å². The van der Waals surface area contributed by atoms with Crippen molar-refractivity contribution in [1.29, 1.82) is 0 Å². The van der Waals surface area contributed by atoms with Crippen LogP contribution in [0.15, 0.2) is 0 Å². The Morgan fingerprint density at radius 2 is 2.31 bits per heavy atom. The molecule has 16 heavy (non-hydrogen) atoms. The molecule has 1 fully saturated rings. The van der Waals surface area contributed by atoms with E-state index < -0.39 is 35.2 Å². The predicted molar refractivity (Wildman–Crippen MR) is 52.5 cm³/mol. The summed E-state index contributed by atoms with van der Waals surface area (Å²) in [7, 11) is 0. The van der Waals surface area contributed by atoms with E-state index in [0.29, 0.717) is 0 Å². The molecule has 1 saturated heterocycles. The monoisotopic (exact) mass is 233 g/mol. The van der Waals surface area contributed by atoms with Crippen LogP contribution in [-0.2, 0) is 14.3 Å². The van der Waals surface area contributed by atoms with Gasteiger partial charge in [-0.1, -0.05) is 0 Å². The first kappa shape index (κ1) is 12.9. The zero-order valence-electron chi connectivity index (χ0n) is 9.21. The Balaban J connectivity index is 2.62. The number of nitro groups is 1. The molecule has 1 unspecified atom stereocenters. The van der Waals surface area contributed by atoms with Gasteiger partial charge >= 0.3 is 5.97 Å². The minimum Gasteiger partial charge on any atom is -0.481 e. The summed E-state index contributed by atoms with van der Waals surface area (Å²) in [6.07, 6.45) is -0.818. The smallest absolute Gasteiger partial charge is 0.303 e. The van der Waals surface area contributed by atoms with Crippen molar-refractivity contribution in [3.8, 4) is 0 Å². The van der Waals surface area contributed by atoms with Crippen LogP contribution in [0.4, 0.5) is 0 Å². The van der Waals surface area contributed by atoms with Gasteiger partial charge in [-0.15, -0.1) is 0 Å². The maximum absolute atomic E-state index is 10.6. The molecule has 92 valence electrons. The van der Waals surface area contributed by atoms with Crippen LogP contribution in [0, 0.1) is 16.0 Å². The van der Waals surface area contributed by atoms with Crippen molar-refractivity contribution in [1.82, 2.24) is 0 Å². The Morgan fingerprint density at radius 1 is 1.69 bits per heavy atom. The van der Waals surface area contributed by atoms with E-state index in [1.54, 1.807) is 13.8 Å². The van der Waals surface area contributed by atoms with Gasteiger partial charge in [0.25, 0.3) is 0 Å². The summed E-state index contributed by atoms with van der Waals surface area (Å²) in [4.78, 5) is 20.5. The number of aliphatic carboxylic acids is 1. The highest BCUT2D eigenvalue weighted by Crippen LogP contribution is 2.28. The molecule has 1 N–H and O–H groups in total. The lowest BCUT2D eigenvalue weighted by Crippen LogP contribution is -2.33. The molecular formula is C9H15NO6. The van der Waals surface area contributed by atoms with Gasteiger partial charge in [-0.25, -0.2) is 0 Å². The third-order valence-corrected chi connectivity index (χ3v) is 2.38. The van der Waals surface area contributed by atoms with Crippen molar-refractivity contribution in [2.24, 2.45) is 5.92 Å². The molecule has 0 saturated carbocycles. The fraction of sp³-hybridized carbons (Fsp3) is 0.889. The third kappa shape index (κ3) is 3.74. The van der Waals surface area contributed by atoms with Crippen LogP contribution in [-0.4, -0.2) is 41.0 Å². The molecular weight excluding hydrogens is 218 g/mol. The summed E-state index contributed by atoms with van der Waals surface area (Å²) >= 11 is 0.